The summed E-state index contributed by atoms with van der Waals surface area (Å²) in [6.45, 7) is 2.84. The molecule has 17 heavy (non-hydrogen) atoms. The van der Waals surface area contributed by atoms with Crippen LogP contribution < -0.4 is 5.32 Å². The zero-order valence-electron chi connectivity index (χ0n) is 9.81. The lowest BCUT2D eigenvalue weighted by atomic mass is 10.2. The highest BCUT2D eigenvalue weighted by Crippen LogP contribution is 2.17. The van der Waals surface area contributed by atoms with Gasteiger partial charge in [-0.2, -0.15) is 5.10 Å². The number of hydrogen-bond donors (Lipinski definition) is 1. The largest absolute Gasteiger partial charge is 0.351 e. The molecule has 88 valence electrons. The van der Waals surface area contributed by atoms with E-state index in [0.29, 0.717) is 6.42 Å². The summed E-state index contributed by atoms with van der Waals surface area (Å²) >= 11 is 0. The van der Waals surface area contributed by atoms with Crippen molar-refractivity contribution in [2.75, 3.05) is 0 Å². The molecule has 0 spiro atoms. The van der Waals surface area contributed by atoms with E-state index < -0.39 is 0 Å². The first kappa shape index (κ1) is 10.3. The second kappa shape index (κ2) is 3.87. The second-order valence-electron chi connectivity index (χ2n) is 4.69. The predicted octanol–water partition coefficient (Wildman–Crippen LogP) is 1.62. The van der Waals surface area contributed by atoms with Crippen LogP contribution >= 0.6 is 0 Å². The number of benzene rings is 1. The van der Waals surface area contributed by atoms with Crippen molar-refractivity contribution in [1.29, 1.82) is 0 Å². The van der Waals surface area contributed by atoms with Crippen LogP contribution in [-0.4, -0.2) is 21.7 Å². The van der Waals surface area contributed by atoms with Crippen molar-refractivity contribution < 1.29 is 4.79 Å². The van der Waals surface area contributed by atoms with E-state index >= 15 is 0 Å². The number of carbonyl (C=O) groups excluding carboxylic acids is 1. The van der Waals surface area contributed by atoms with Crippen LogP contribution in [0.2, 0.25) is 0 Å². The van der Waals surface area contributed by atoms with Gasteiger partial charge < -0.3 is 5.32 Å². The first-order valence-electron chi connectivity index (χ1n) is 5.94. The Balaban J connectivity index is 1.90. The van der Waals surface area contributed by atoms with Crippen LogP contribution in [0, 0.1) is 6.92 Å². The van der Waals surface area contributed by atoms with Gasteiger partial charge in [-0.25, -0.2) is 0 Å². The van der Waals surface area contributed by atoms with Gasteiger partial charge in [-0.15, -0.1) is 0 Å². The lowest BCUT2D eigenvalue weighted by Crippen LogP contribution is -2.29. The molecule has 1 aliphatic rings. The Morgan fingerprint density at radius 2 is 2.41 bits per heavy atom. The zero-order chi connectivity index (χ0) is 11.8. The molecule has 0 bridgehead atoms. The minimum atomic E-state index is 0.155. The Labute approximate surface area is 99.6 Å². The van der Waals surface area contributed by atoms with E-state index in [4.69, 9.17) is 0 Å². The maximum absolute atomic E-state index is 11.2. The molecule has 1 amide bonds. The number of aryl methyl sites for hydroxylation is 1. The number of nitrogens with zero attached hydrogens (tertiary/aromatic N) is 2. The van der Waals surface area contributed by atoms with Crippen molar-refractivity contribution in [3.8, 4) is 0 Å². The van der Waals surface area contributed by atoms with Gasteiger partial charge in [0.25, 0.3) is 0 Å². The van der Waals surface area contributed by atoms with Crippen LogP contribution in [0.5, 0.6) is 0 Å². The molecule has 1 N–H and O–H groups in total. The smallest absolute Gasteiger partial charge is 0.220 e. The van der Waals surface area contributed by atoms with E-state index in [2.05, 4.69) is 35.5 Å². The molecule has 0 saturated carbocycles. The summed E-state index contributed by atoms with van der Waals surface area (Å²) in [5.74, 6) is 0.155. The fourth-order valence-electron chi connectivity index (χ4n) is 2.35. The SMILES string of the molecule is Cc1ccc2cnn(CC3CCC(=O)N3)c2c1. The van der Waals surface area contributed by atoms with E-state index in [1.807, 2.05) is 10.9 Å². The minimum Gasteiger partial charge on any atom is -0.351 e. The Bertz CT molecular complexity index is 573. The Kier molecular flexibility index (Phi) is 2.35. The molecule has 1 saturated heterocycles. The summed E-state index contributed by atoms with van der Waals surface area (Å²) in [4.78, 5) is 11.2. The van der Waals surface area contributed by atoms with Gasteiger partial charge in [-0.1, -0.05) is 12.1 Å². The summed E-state index contributed by atoms with van der Waals surface area (Å²) in [6, 6.07) is 6.54. The number of carbonyl (C=O) groups is 1. The van der Waals surface area contributed by atoms with Crippen molar-refractivity contribution in [3.63, 3.8) is 0 Å². The molecule has 4 heteroatoms. The van der Waals surface area contributed by atoms with Crippen LogP contribution in [0.4, 0.5) is 0 Å². The van der Waals surface area contributed by atoms with Gasteiger partial charge in [0.05, 0.1) is 18.3 Å². The molecular formula is C13H15N3O. The molecule has 2 heterocycles. The molecule has 1 atom stereocenters. The Morgan fingerprint density at radius 1 is 1.53 bits per heavy atom. The number of hydrogen-bond acceptors (Lipinski definition) is 2. The third-order valence-corrected chi connectivity index (χ3v) is 3.28. The molecule has 3 rings (SSSR count). The van der Waals surface area contributed by atoms with Gasteiger partial charge in [0.15, 0.2) is 0 Å². The first-order valence-corrected chi connectivity index (χ1v) is 5.94. The zero-order valence-corrected chi connectivity index (χ0v) is 9.81. The van der Waals surface area contributed by atoms with E-state index in [-0.39, 0.29) is 11.9 Å². The van der Waals surface area contributed by atoms with Gasteiger partial charge in [0.2, 0.25) is 5.91 Å². The van der Waals surface area contributed by atoms with Crippen molar-refractivity contribution in [3.05, 3.63) is 30.0 Å². The summed E-state index contributed by atoms with van der Waals surface area (Å²) in [5.41, 5.74) is 2.38. The number of aromatic nitrogens is 2. The monoisotopic (exact) mass is 229 g/mol. The Morgan fingerprint density at radius 3 is 3.18 bits per heavy atom. The maximum Gasteiger partial charge on any atom is 0.220 e. The molecule has 1 fully saturated rings. The topological polar surface area (TPSA) is 46.9 Å². The molecule has 1 aliphatic heterocycles. The van der Waals surface area contributed by atoms with Crippen molar-refractivity contribution in [1.82, 2.24) is 15.1 Å². The van der Waals surface area contributed by atoms with E-state index in [0.717, 1.165) is 23.9 Å². The Hall–Kier alpha value is -1.84. The fraction of sp³-hybridized carbons (Fsp3) is 0.385. The molecule has 0 radical (unpaired) electrons. The maximum atomic E-state index is 11.2. The second-order valence-corrected chi connectivity index (χ2v) is 4.69. The third-order valence-electron chi connectivity index (χ3n) is 3.28. The van der Waals surface area contributed by atoms with Gasteiger partial charge in [-0.3, -0.25) is 9.48 Å². The average molecular weight is 229 g/mol. The summed E-state index contributed by atoms with van der Waals surface area (Å²) < 4.78 is 1.98. The van der Waals surface area contributed by atoms with Crippen LogP contribution in [0.15, 0.2) is 24.4 Å². The van der Waals surface area contributed by atoms with Gasteiger partial charge in [-0.05, 0) is 25.0 Å². The van der Waals surface area contributed by atoms with Crippen molar-refractivity contribution >= 4 is 16.8 Å². The molecule has 0 aliphatic carbocycles. The molecule has 2 aromatic rings. The standard InChI is InChI=1S/C13H15N3O/c1-9-2-3-10-7-14-16(12(10)6-9)8-11-4-5-13(17)15-11/h2-3,6-7,11H,4-5,8H2,1H3,(H,15,17). The molecular weight excluding hydrogens is 214 g/mol. The van der Waals surface area contributed by atoms with Crippen LogP contribution in [0.1, 0.15) is 18.4 Å². The molecule has 1 aromatic carbocycles. The van der Waals surface area contributed by atoms with Crippen LogP contribution in [-0.2, 0) is 11.3 Å². The lowest BCUT2D eigenvalue weighted by molar-refractivity contribution is -0.119. The van der Waals surface area contributed by atoms with E-state index in [9.17, 15) is 4.79 Å². The highest BCUT2D eigenvalue weighted by molar-refractivity contribution is 5.80. The summed E-state index contributed by atoms with van der Waals surface area (Å²) in [6.07, 6.45) is 3.43. The number of amides is 1. The fourth-order valence-corrected chi connectivity index (χ4v) is 2.35. The molecule has 1 unspecified atom stereocenters. The highest BCUT2D eigenvalue weighted by atomic mass is 16.1. The van der Waals surface area contributed by atoms with Crippen LogP contribution in [0.3, 0.4) is 0 Å². The number of fused-ring (bicyclic) bond motifs is 1. The van der Waals surface area contributed by atoms with Gasteiger partial charge >= 0.3 is 0 Å². The molecule has 1 aromatic heterocycles. The van der Waals surface area contributed by atoms with Gasteiger partial charge in [0.1, 0.15) is 0 Å². The molecule has 4 nitrogen and oxygen atoms in total. The summed E-state index contributed by atoms with van der Waals surface area (Å²) in [7, 11) is 0. The third kappa shape index (κ3) is 1.90. The quantitative estimate of drug-likeness (QED) is 0.850. The number of rotatable bonds is 2. The predicted molar refractivity (Wildman–Crippen MR) is 65.6 cm³/mol. The van der Waals surface area contributed by atoms with E-state index in [1.165, 1.54) is 5.56 Å². The minimum absolute atomic E-state index is 0.155. The lowest BCUT2D eigenvalue weighted by Gasteiger charge is -2.10. The van der Waals surface area contributed by atoms with E-state index in [1.54, 1.807) is 0 Å². The van der Waals surface area contributed by atoms with Crippen LogP contribution in [0.25, 0.3) is 10.9 Å². The van der Waals surface area contributed by atoms with Crippen molar-refractivity contribution in [2.45, 2.75) is 32.4 Å². The first-order chi connectivity index (χ1) is 8.22. The van der Waals surface area contributed by atoms with Gasteiger partial charge in [0, 0.05) is 17.8 Å². The van der Waals surface area contributed by atoms with Crippen molar-refractivity contribution in [2.24, 2.45) is 0 Å². The average Bonchev–Trinajstić information content (AvgIpc) is 2.87. The summed E-state index contributed by atoms with van der Waals surface area (Å²) in [5, 5.41) is 8.51. The number of nitrogens with one attached hydrogen (secondary N) is 1. The normalized spacial score (nSPS) is 19.8. The highest BCUT2D eigenvalue weighted by Gasteiger charge is 2.21.